The number of Topliss-reactive ketones (excluding diaryl/α,β-unsaturated/α-hetero) is 2. The fraction of sp³-hybridized carbons (Fsp3) is 0.862. The molecule has 3 heteroatoms. The first kappa shape index (κ1) is 22.8. The topological polar surface area (TPSA) is 54.4 Å². The zero-order chi connectivity index (χ0) is 23.0. The molecule has 0 saturated heterocycles. The van der Waals surface area contributed by atoms with Crippen molar-refractivity contribution in [1.82, 2.24) is 0 Å². The van der Waals surface area contributed by atoms with Crippen molar-refractivity contribution in [1.29, 1.82) is 0 Å². The summed E-state index contributed by atoms with van der Waals surface area (Å²) < 4.78 is 0. The molecule has 5 aliphatic carbocycles. The Morgan fingerprint density at radius 2 is 1.88 bits per heavy atom. The van der Waals surface area contributed by atoms with Crippen LogP contribution in [0.2, 0.25) is 0 Å². The number of rotatable bonds is 5. The van der Waals surface area contributed by atoms with Crippen LogP contribution in [-0.2, 0) is 9.59 Å². The van der Waals surface area contributed by atoms with Crippen LogP contribution in [0.25, 0.3) is 0 Å². The third-order valence-corrected chi connectivity index (χ3v) is 11.8. The molecule has 1 N–H and O–H groups in total. The Morgan fingerprint density at radius 1 is 1.16 bits per heavy atom. The van der Waals surface area contributed by atoms with E-state index in [1.54, 1.807) is 0 Å². The maximum Gasteiger partial charge on any atom is 0.158 e. The minimum atomic E-state index is -0.375. The maximum atomic E-state index is 13.2. The van der Waals surface area contributed by atoms with Gasteiger partial charge in [0.1, 0.15) is 5.78 Å². The number of aliphatic hydroxyl groups excluding tert-OH is 1. The summed E-state index contributed by atoms with van der Waals surface area (Å²) in [5, 5.41) is 11.6. The fourth-order valence-electron chi connectivity index (χ4n) is 9.49. The number of fused-ring (bicyclic) bond motifs is 5. The summed E-state index contributed by atoms with van der Waals surface area (Å²) in [6.45, 7) is 13.6. The number of carbonyl (C=O) groups excluding carboxylic acids is 2. The molecule has 5 saturated carbocycles. The van der Waals surface area contributed by atoms with Gasteiger partial charge in [0.15, 0.2) is 5.78 Å². The van der Waals surface area contributed by atoms with Crippen molar-refractivity contribution >= 4 is 11.6 Å². The quantitative estimate of drug-likeness (QED) is 0.534. The van der Waals surface area contributed by atoms with Gasteiger partial charge in [0.25, 0.3) is 0 Å². The molecular weight excluding hydrogens is 396 g/mol. The molecule has 0 aliphatic heterocycles. The molecule has 0 bridgehead atoms. The van der Waals surface area contributed by atoms with Gasteiger partial charge in [-0.15, -0.1) is 0 Å². The second-order valence-corrected chi connectivity index (χ2v) is 13.2. The van der Waals surface area contributed by atoms with Crippen molar-refractivity contribution in [3.05, 3.63) is 12.2 Å². The van der Waals surface area contributed by atoms with Crippen molar-refractivity contribution in [2.24, 2.45) is 58.2 Å². The van der Waals surface area contributed by atoms with E-state index < -0.39 is 0 Å². The molecule has 178 valence electrons. The Balaban J connectivity index is 1.34. The van der Waals surface area contributed by atoms with E-state index in [2.05, 4.69) is 34.3 Å². The highest BCUT2D eigenvalue weighted by molar-refractivity contribution is 5.95. The van der Waals surface area contributed by atoms with Gasteiger partial charge in [0, 0.05) is 24.7 Å². The molecule has 0 aromatic rings. The molecule has 3 nitrogen and oxygen atoms in total. The minimum absolute atomic E-state index is 0.123. The lowest BCUT2D eigenvalue weighted by molar-refractivity contribution is -0.164. The summed E-state index contributed by atoms with van der Waals surface area (Å²) in [5.74, 6) is 4.85. The molecule has 0 unspecified atom stereocenters. The Bertz CT molecular complexity index is 815. The van der Waals surface area contributed by atoms with Crippen LogP contribution in [-0.4, -0.2) is 22.8 Å². The van der Waals surface area contributed by atoms with Crippen molar-refractivity contribution < 1.29 is 14.7 Å². The zero-order valence-corrected chi connectivity index (χ0v) is 20.7. The van der Waals surface area contributed by atoms with Crippen molar-refractivity contribution in [3.63, 3.8) is 0 Å². The third kappa shape index (κ3) is 3.31. The van der Waals surface area contributed by atoms with Gasteiger partial charge in [-0.3, -0.25) is 9.59 Å². The van der Waals surface area contributed by atoms with Crippen LogP contribution in [0.1, 0.15) is 91.9 Å². The maximum absolute atomic E-state index is 13.2. The van der Waals surface area contributed by atoms with Crippen molar-refractivity contribution in [2.75, 3.05) is 0 Å². The second-order valence-electron chi connectivity index (χ2n) is 13.2. The largest absolute Gasteiger partial charge is 0.393 e. The van der Waals surface area contributed by atoms with Crippen LogP contribution < -0.4 is 0 Å². The molecule has 0 aromatic carbocycles. The Morgan fingerprint density at radius 3 is 2.56 bits per heavy atom. The number of hydrogen-bond donors (Lipinski definition) is 1. The summed E-state index contributed by atoms with van der Waals surface area (Å²) in [6.07, 6.45) is 9.29. The molecule has 5 fully saturated rings. The van der Waals surface area contributed by atoms with Gasteiger partial charge in [-0.1, -0.05) is 34.3 Å². The molecule has 5 rings (SSSR count). The number of aliphatic hydroxyl groups is 1. The smallest absolute Gasteiger partial charge is 0.158 e. The highest BCUT2D eigenvalue weighted by Gasteiger charge is 2.63. The average molecular weight is 441 g/mol. The minimum Gasteiger partial charge on any atom is -0.393 e. The van der Waals surface area contributed by atoms with Gasteiger partial charge in [-0.25, -0.2) is 0 Å². The molecule has 5 aliphatic rings. The van der Waals surface area contributed by atoms with E-state index in [0.717, 1.165) is 56.4 Å². The molecule has 32 heavy (non-hydrogen) atoms. The first-order valence-electron chi connectivity index (χ1n) is 13.5. The van der Waals surface area contributed by atoms with Gasteiger partial charge in [-0.2, -0.15) is 0 Å². The number of hydrogen-bond acceptors (Lipinski definition) is 3. The van der Waals surface area contributed by atoms with Gasteiger partial charge < -0.3 is 5.11 Å². The Kier molecular flexibility index (Phi) is 5.55. The summed E-state index contributed by atoms with van der Waals surface area (Å²) in [6, 6.07) is 0. The fourth-order valence-corrected chi connectivity index (χ4v) is 9.49. The van der Waals surface area contributed by atoms with Crippen LogP contribution in [0.15, 0.2) is 12.2 Å². The summed E-state index contributed by atoms with van der Waals surface area (Å²) in [7, 11) is 0. The normalized spacial score (nSPS) is 50.7. The standard InChI is InChI=1S/C29H44O3/c1-16-12-22(16)17(2)13-26(31)18(3)23-8-9-24-21-7-6-19-14-20(30)10-11-28(19,4)25(21)15-27(32)29(23,24)5/h16-17,19,21-25,27,32H,3,6-15H2,1-2,4-5H3/t16-,17-,19+,21+,22-,23-,24+,25+,27-,28+,29-/m1/s1. The van der Waals surface area contributed by atoms with E-state index in [-0.39, 0.29) is 28.6 Å². The summed E-state index contributed by atoms with van der Waals surface area (Å²) >= 11 is 0. The van der Waals surface area contributed by atoms with Gasteiger partial charge >= 0.3 is 0 Å². The van der Waals surface area contributed by atoms with E-state index in [0.29, 0.717) is 47.7 Å². The molecule has 11 atom stereocenters. The van der Waals surface area contributed by atoms with Gasteiger partial charge in [0.05, 0.1) is 6.10 Å². The second kappa shape index (κ2) is 7.79. The van der Waals surface area contributed by atoms with E-state index in [9.17, 15) is 14.7 Å². The molecule has 0 amide bonds. The predicted octanol–water partition coefficient (Wildman–Crippen LogP) is 5.99. The van der Waals surface area contributed by atoms with Crippen LogP contribution in [0.3, 0.4) is 0 Å². The molecule has 0 radical (unpaired) electrons. The molecule has 0 aromatic heterocycles. The first-order chi connectivity index (χ1) is 15.1. The molecular formula is C29H44O3. The van der Waals surface area contributed by atoms with Gasteiger partial charge in [-0.05, 0) is 103 Å². The van der Waals surface area contributed by atoms with Crippen molar-refractivity contribution in [3.8, 4) is 0 Å². The summed E-state index contributed by atoms with van der Waals surface area (Å²) in [4.78, 5) is 25.4. The van der Waals surface area contributed by atoms with Crippen LogP contribution in [0, 0.1) is 58.2 Å². The lowest BCUT2D eigenvalue weighted by Crippen LogP contribution is -2.58. The third-order valence-electron chi connectivity index (χ3n) is 11.8. The Hall–Kier alpha value is -0.960. The molecule has 0 heterocycles. The van der Waals surface area contributed by atoms with Crippen LogP contribution >= 0.6 is 0 Å². The lowest BCUT2D eigenvalue weighted by Gasteiger charge is -2.61. The summed E-state index contributed by atoms with van der Waals surface area (Å²) in [5.41, 5.74) is 0.772. The average Bonchev–Trinajstić information content (AvgIpc) is 3.37. The van der Waals surface area contributed by atoms with E-state index in [4.69, 9.17) is 0 Å². The number of ketones is 2. The highest BCUT2D eigenvalue weighted by Crippen LogP contribution is 2.68. The highest BCUT2D eigenvalue weighted by atomic mass is 16.3. The predicted molar refractivity (Wildman–Crippen MR) is 127 cm³/mol. The number of allylic oxidation sites excluding steroid dienone is 1. The first-order valence-corrected chi connectivity index (χ1v) is 13.5. The van der Waals surface area contributed by atoms with Crippen LogP contribution in [0.4, 0.5) is 0 Å². The molecule has 0 spiro atoms. The van der Waals surface area contributed by atoms with E-state index >= 15 is 0 Å². The van der Waals surface area contributed by atoms with E-state index in [1.807, 2.05) is 0 Å². The lowest BCUT2D eigenvalue weighted by atomic mass is 9.44. The number of carbonyl (C=O) groups is 2. The van der Waals surface area contributed by atoms with Crippen LogP contribution in [0.5, 0.6) is 0 Å². The zero-order valence-electron chi connectivity index (χ0n) is 20.7. The van der Waals surface area contributed by atoms with Gasteiger partial charge in [0.2, 0.25) is 0 Å². The SMILES string of the molecule is C=C(C(=O)C[C@@H](C)[C@@H]1C[C@H]1C)[C@H]1CC[C@H]2[C@@H]3CC[C@H]4CC(=O)CC[C@]4(C)[C@H]3C[C@@H](O)[C@]12C. The Labute approximate surface area is 194 Å². The monoisotopic (exact) mass is 440 g/mol. The van der Waals surface area contributed by atoms with E-state index in [1.165, 1.54) is 12.8 Å². The van der Waals surface area contributed by atoms with Crippen molar-refractivity contribution in [2.45, 2.75) is 98.0 Å².